The normalized spacial score (nSPS) is 16.1. The maximum absolute atomic E-state index is 9.52. The van der Waals surface area contributed by atoms with Crippen LogP contribution >= 0.6 is 11.3 Å². The van der Waals surface area contributed by atoms with Crippen molar-refractivity contribution in [1.29, 1.82) is 0 Å². The second-order valence-electron chi connectivity index (χ2n) is 8.23. The number of nitrogens with zero attached hydrogens (tertiary/aromatic N) is 4. The van der Waals surface area contributed by atoms with Gasteiger partial charge in [-0.3, -0.25) is 0 Å². The van der Waals surface area contributed by atoms with Gasteiger partial charge < -0.3 is 19.7 Å². The first-order valence-corrected chi connectivity index (χ1v) is 11.9. The zero-order chi connectivity index (χ0) is 22.2. The van der Waals surface area contributed by atoms with Gasteiger partial charge in [-0.15, -0.1) is 11.3 Å². The average molecular weight is 458 g/mol. The maximum Gasteiger partial charge on any atom is 0.166 e. The number of thiophene rings is 1. The van der Waals surface area contributed by atoms with E-state index >= 15 is 0 Å². The predicted octanol–water partition coefficient (Wildman–Crippen LogP) is 5.03. The Bertz CT molecular complexity index is 1420. The number of benzene rings is 2. The Morgan fingerprint density at radius 2 is 2.00 bits per heavy atom. The molecule has 6 rings (SSSR count). The van der Waals surface area contributed by atoms with Crippen LogP contribution in [0.3, 0.4) is 0 Å². The van der Waals surface area contributed by atoms with E-state index in [2.05, 4.69) is 38.4 Å². The minimum absolute atomic E-state index is 0.238. The van der Waals surface area contributed by atoms with Crippen molar-refractivity contribution >= 4 is 38.4 Å². The highest BCUT2D eigenvalue weighted by atomic mass is 32.1. The van der Waals surface area contributed by atoms with Crippen LogP contribution in [0.4, 0.5) is 5.82 Å². The molecule has 0 aliphatic carbocycles. The first-order chi connectivity index (χ1) is 16.3. The van der Waals surface area contributed by atoms with Crippen molar-refractivity contribution in [3.63, 3.8) is 0 Å². The number of anilines is 1. The van der Waals surface area contributed by atoms with Crippen LogP contribution in [0.25, 0.3) is 32.6 Å². The van der Waals surface area contributed by atoms with E-state index in [9.17, 15) is 5.11 Å². The molecule has 0 radical (unpaired) electrons. The van der Waals surface area contributed by atoms with Crippen LogP contribution < -0.4 is 5.32 Å². The molecule has 33 heavy (non-hydrogen) atoms. The van der Waals surface area contributed by atoms with Crippen molar-refractivity contribution in [1.82, 2.24) is 19.5 Å². The van der Waals surface area contributed by atoms with E-state index in [0.29, 0.717) is 19.0 Å². The van der Waals surface area contributed by atoms with Gasteiger partial charge in [0.15, 0.2) is 17.3 Å². The summed E-state index contributed by atoms with van der Waals surface area (Å²) in [5, 5.41) is 16.3. The molecule has 0 amide bonds. The number of imidazole rings is 1. The molecule has 2 N–H and O–H groups in total. The SMILES string of the molecule is Oc1ccc(CCNc2nc(-c3csc4ccccc34)nc3c2ncn3C2CCOC2)cc1. The van der Waals surface area contributed by atoms with Crippen LogP contribution in [0.1, 0.15) is 18.0 Å². The van der Waals surface area contributed by atoms with Crippen LogP contribution in [0.5, 0.6) is 5.75 Å². The Hall–Kier alpha value is -3.49. The van der Waals surface area contributed by atoms with Gasteiger partial charge in [0.1, 0.15) is 11.3 Å². The lowest BCUT2D eigenvalue weighted by Gasteiger charge is -2.12. The lowest BCUT2D eigenvalue weighted by atomic mass is 10.1. The average Bonchev–Trinajstić information content (AvgIpc) is 3.59. The summed E-state index contributed by atoms with van der Waals surface area (Å²) < 4.78 is 8.97. The molecule has 3 aromatic heterocycles. The molecule has 2 aromatic carbocycles. The molecule has 166 valence electrons. The lowest BCUT2D eigenvalue weighted by Crippen LogP contribution is -2.11. The molecule has 1 unspecified atom stereocenters. The summed E-state index contributed by atoms with van der Waals surface area (Å²) in [6, 6.07) is 15.9. The minimum atomic E-state index is 0.238. The van der Waals surface area contributed by atoms with E-state index < -0.39 is 0 Å². The summed E-state index contributed by atoms with van der Waals surface area (Å²) in [4.78, 5) is 14.6. The molecule has 1 aliphatic rings. The third kappa shape index (κ3) is 3.81. The second kappa shape index (κ2) is 8.46. The molecule has 4 heterocycles. The fourth-order valence-electron chi connectivity index (χ4n) is 4.31. The van der Waals surface area contributed by atoms with E-state index in [0.717, 1.165) is 52.9 Å². The highest BCUT2D eigenvalue weighted by Crippen LogP contribution is 2.34. The van der Waals surface area contributed by atoms with Gasteiger partial charge in [0.05, 0.1) is 19.0 Å². The smallest absolute Gasteiger partial charge is 0.166 e. The second-order valence-corrected chi connectivity index (χ2v) is 9.14. The summed E-state index contributed by atoms with van der Waals surface area (Å²) >= 11 is 1.70. The van der Waals surface area contributed by atoms with Crippen molar-refractivity contribution in [3.8, 4) is 17.1 Å². The number of hydrogen-bond donors (Lipinski definition) is 2. The number of aromatic nitrogens is 4. The minimum Gasteiger partial charge on any atom is -0.508 e. The molecule has 1 fully saturated rings. The Morgan fingerprint density at radius 3 is 2.85 bits per heavy atom. The van der Waals surface area contributed by atoms with Crippen molar-refractivity contribution < 1.29 is 9.84 Å². The Morgan fingerprint density at radius 1 is 1.12 bits per heavy atom. The van der Waals surface area contributed by atoms with Gasteiger partial charge in [0, 0.05) is 34.2 Å². The molecule has 0 saturated carbocycles. The van der Waals surface area contributed by atoms with E-state index in [4.69, 9.17) is 14.7 Å². The van der Waals surface area contributed by atoms with Crippen LogP contribution in [0.15, 0.2) is 60.2 Å². The molecule has 5 aromatic rings. The molecular formula is C25H23N5O2S. The van der Waals surface area contributed by atoms with Crippen molar-refractivity contribution in [2.75, 3.05) is 25.1 Å². The molecule has 7 nitrogen and oxygen atoms in total. The quantitative estimate of drug-likeness (QED) is 0.372. The molecule has 8 heteroatoms. The zero-order valence-electron chi connectivity index (χ0n) is 17.9. The highest BCUT2D eigenvalue weighted by molar-refractivity contribution is 7.17. The standard InChI is InChI=1S/C25H23N5O2S/c31-18-7-5-16(6-8-18)9-11-26-24-22-25(30(15-27-22)17-10-12-32-13-17)29-23(28-24)20-14-33-21-4-2-1-3-19(20)21/h1-8,14-15,17,31H,9-13H2,(H,26,28,29). The molecular weight excluding hydrogens is 434 g/mol. The van der Waals surface area contributed by atoms with E-state index in [1.54, 1.807) is 23.5 Å². The number of phenols is 1. The highest BCUT2D eigenvalue weighted by Gasteiger charge is 2.23. The first-order valence-electron chi connectivity index (χ1n) is 11.1. The lowest BCUT2D eigenvalue weighted by molar-refractivity contribution is 0.187. The molecule has 1 atom stereocenters. The van der Waals surface area contributed by atoms with Gasteiger partial charge in [-0.05, 0) is 36.6 Å². The van der Waals surface area contributed by atoms with E-state index in [1.165, 1.54) is 4.70 Å². The van der Waals surface area contributed by atoms with E-state index in [-0.39, 0.29) is 11.8 Å². The van der Waals surface area contributed by atoms with Crippen molar-refractivity contribution in [2.24, 2.45) is 0 Å². The van der Waals surface area contributed by atoms with Crippen LogP contribution in [-0.4, -0.2) is 44.4 Å². The van der Waals surface area contributed by atoms with Crippen LogP contribution in [0.2, 0.25) is 0 Å². The van der Waals surface area contributed by atoms with Crippen molar-refractivity contribution in [2.45, 2.75) is 18.9 Å². The summed E-state index contributed by atoms with van der Waals surface area (Å²) in [5.41, 5.74) is 3.78. The number of phenolic OH excluding ortho intramolecular Hbond substituents is 1. The van der Waals surface area contributed by atoms with Crippen LogP contribution in [-0.2, 0) is 11.2 Å². The monoisotopic (exact) mass is 457 g/mol. The Labute approximate surface area is 194 Å². The fraction of sp³-hybridized carbons (Fsp3) is 0.240. The van der Waals surface area contributed by atoms with Crippen LogP contribution in [0, 0.1) is 0 Å². The molecule has 0 bridgehead atoms. The van der Waals surface area contributed by atoms with Gasteiger partial charge in [0.2, 0.25) is 0 Å². The first kappa shape index (κ1) is 20.1. The van der Waals surface area contributed by atoms with Gasteiger partial charge in [-0.25, -0.2) is 15.0 Å². The molecule has 1 aliphatic heterocycles. The largest absolute Gasteiger partial charge is 0.508 e. The zero-order valence-corrected chi connectivity index (χ0v) is 18.8. The predicted molar refractivity (Wildman–Crippen MR) is 131 cm³/mol. The Balaban J connectivity index is 1.39. The summed E-state index contributed by atoms with van der Waals surface area (Å²) in [5.74, 6) is 1.72. The van der Waals surface area contributed by atoms with Gasteiger partial charge in [-0.1, -0.05) is 30.3 Å². The molecule has 0 spiro atoms. The number of rotatable bonds is 6. The summed E-state index contributed by atoms with van der Waals surface area (Å²) in [7, 11) is 0. The third-order valence-electron chi connectivity index (χ3n) is 6.08. The maximum atomic E-state index is 9.52. The summed E-state index contributed by atoms with van der Waals surface area (Å²) in [6.45, 7) is 2.13. The number of aromatic hydroxyl groups is 1. The molecule has 1 saturated heterocycles. The van der Waals surface area contributed by atoms with Gasteiger partial charge in [0.25, 0.3) is 0 Å². The topological polar surface area (TPSA) is 85.1 Å². The Kier molecular flexibility index (Phi) is 5.16. The fourth-order valence-corrected chi connectivity index (χ4v) is 5.25. The van der Waals surface area contributed by atoms with Gasteiger partial charge >= 0.3 is 0 Å². The van der Waals surface area contributed by atoms with Crippen molar-refractivity contribution in [3.05, 3.63) is 65.8 Å². The van der Waals surface area contributed by atoms with E-state index in [1.807, 2.05) is 24.5 Å². The number of nitrogens with one attached hydrogen (secondary N) is 1. The number of fused-ring (bicyclic) bond motifs is 2. The number of hydrogen-bond acceptors (Lipinski definition) is 7. The number of ether oxygens (including phenoxy) is 1. The summed E-state index contributed by atoms with van der Waals surface area (Å²) in [6.07, 6.45) is 3.62. The van der Waals surface area contributed by atoms with Gasteiger partial charge in [-0.2, -0.15) is 0 Å². The third-order valence-corrected chi connectivity index (χ3v) is 7.05.